The number of rotatable bonds is 3. The van der Waals surface area contributed by atoms with Gasteiger partial charge in [-0.15, -0.1) is 11.3 Å². The van der Waals surface area contributed by atoms with Crippen LogP contribution in [-0.2, 0) is 6.54 Å². The molecule has 2 aromatic rings. The molecule has 0 bridgehead atoms. The number of carbonyl (C=O) groups is 1. The van der Waals surface area contributed by atoms with E-state index in [1.807, 2.05) is 31.2 Å². The Morgan fingerprint density at radius 3 is 2.86 bits per heavy atom. The molecule has 1 amide bonds. The number of benzene rings is 1. The molecule has 0 aliphatic heterocycles. The summed E-state index contributed by atoms with van der Waals surface area (Å²) in [6.45, 7) is 2.67. The van der Waals surface area contributed by atoms with E-state index in [4.69, 9.17) is 5.73 Å². The number of carbonyl (C=O) groups excluding carboxylic acids is 1. The highest BCUT2D eigenvalue weighted by molar-refractivity contribution is 7.11. The van der Waals surface area contributed by atoms with E-state index in [9.17, 15) is 4.79 Å². The molecular weight excluding hydrogens is 282 g/mol. The molecule has 4 nitrogen and oxygen atoms in total. The molecule has 0 saturated heterocycles. The Hall–Kier alpha value is -2.16. The SMILES string of the molecule is Cc1ncsc1C(=O)N(C)Cc1ccccc1C#CCN. The summed E-state index contributed by atoms with van der Waals surface area (Å²) in [7, 11) is 1.79. The second kappa shape index (κ2) is 7.02. The van der Waals surface area contributed by atoms with E-state index in [2.05, 4.69) is 16.8 Å². The Kier molecular flexibility index (Phi) is 5.09. The molecule has 5 heteroatoms. The van der Waals surface area contributed by atoms with Gasteiger partial charge >= 0.3 is 0 Å². The van der Waals surface area contributed by atoms with Crippen LogP contribution in [0.25, 0.3) is 0 Å². The third-order valence-electron chi connectivity index (χ3n) is 3.04. The first-order valence-electron chi connectivity index (χ1n) is 6.56. The molecule has 1 heterocycles. The number of amides is 1. The van der Waals surface area contributed by atoms with Crippen molar-refractivity contribution < 1.29 is 4.79 Å². The van der Waals surface area contributed by atoms with Gasteiger partial charge in [-0.05, 0) is 18.6 Å². The van der Waals surface area contributed by atoms with Gasteiger partial charge in [-0.1, -0.05) is 30.0 Å². The number of nitrogens with zero attached hydrogens (tertiary/aromatic N) is 2. The minimum atomic E-state index is -0.0170. The fourth-order valence-corrected chi connectivity index (χ4v) is 2.73. The minimum absolute atomic E-state index is 0.0170. The van der Waals surface area contributed by atoms with Gasteiger partial charge in [0, 0.05) is 19.2 Å². The summed E-state index contributed by atoms with van der Waals surface area (Å²) in [4.78, 5) is 18.9. The smallest absolute Gasteiger partial charge is 0.265 e. The molecule has 0 saturated carbocycles. The third-order valence-corrected chi connectivity index (χ3v) is 3.95. The van der Waals surface area contributed by atoms with E-state index < -0.39 is 0 Å². The Morgan fingerprint density at radius 2 is 2.19 bits per heavy atom. The normalized spacial score (nSPS) is 9.86. The van der Waals surface area contributed by atoms with Crippen molar-refractivity contribution in [2.45, 2.75) is 13.5 Å². The zero-order valence-electron chi connectivity index (χ0n) is 12.1. The van der Waals surface area contributed by atoms with Crippen LogP contribution in [-0.4, -0.2) is 29.4 Å². The average Bonchev–Trinajstić information content (AvgIpc) is 2.91. The van der Waals surface area contributed by atoms with E-state index in [0.717, 1.165) is 16.8 Å². The van der Waals surface area contributed by atoms with Gasteiger partial charge in [-0.25, -0.2) is 4.98 Å². The van der Waals surface area contributed by atoms with Gasteiger partial charge in [-0.2, -0.15) is 0 Å². The summed E-state index contributed by atoms with van der Waals surface area (Å²) < 4.78 is 0. The largest absolute Gasteiger partial charge is 0.337 e. The molecule has 21 heavy (non-hydrogen) atoms. The van der Waals surface area contributed by atoms with Gasteiger partial charge in [0.2, 0.25) is 0 Å². The van der Waals surface area contributed by atoms with Crippen LogP contribution < -0.4 is 5.73 Å². The van der Waals surface area contributed by atoms with Crippen LogP contribution in [0.5, 0.6) is 0 Å². The van der Waals surface area contributed by atoms with Crippen molar-refractivity contribution in [1.82, 2.24) is 9.88 Å². The van der Waals surface area contributed by atoms with Gasteiger partial charge < -0.3 is 10.6 Å². The Morgan fingerprint density at radius 1 is 1.43 bits per heavy atom. The number of thiazole rings is 1. The van der Waals surface area contributed by atoms with Crippen LogP contribution in [0.2, 0.25) is 0 Å². The zero-order chi connectivity index (χ0) is 15.2. The highest BCUT2D eigenvalue weighted by Gasteiger charge is 2.17. The molecule has 0 unspecified atom stereocenters. The second-order valence-electron chi connectivity index (χ2n) is 4.59. The van der Waals surface area contributed by atoms with Crippen molar-refractivity contribution in [3.63, 3.8) is 0 Å². The number of hydrogen-bond acceptors (Lipinski definition) is 4. The topological polar surface area (TPSA) is 59.2 Å². The molecule has 0 atom stereocenters. The lowest BCUT2D eigenvalue weighted by molar-refractivity contribution is 0.0789. The molecule has 108 valence electrons. The van der Waals surface area contributed by atoms with Crippen LogP contribution in [0.1, 0.15) is 26.5 Å². The number of aromatic nitrogens is 1. The van der Waals surface area contributed by atoms with Crippen molar-refractivity contribution >= 4 is 17.2 Å². The van der Waals surface area contributed by atoms with Crippen LogP contribution in [0, 0.1) is 18.8 Å². The quantitative estimate of drug-likeness (QED) is 0.882. The van der Waals surface area contributed by atoms with E-state index in [0.29, 0.717) is 18.0 Å². The lowest BCUT2D eigenvalue weighted by Gasteiger charge is -2.17. The average molecular weight is 299 g/mol. The summed E-state index contributed by atoms with van der Waals surface area (Å²) in [6, 6.07) is 7.79. The predicted molar refractivity (Wildman–Crippen MR) is 85.0 cm³/mol. The maximum atomic E-state index is 12.4. The van der Waals surface area contributed by atoms with Gasteiger partial charge in [0.05, 0.1) is 17.7 Å². The molecule has 1 aromatic carbocycles. The van der Waals surface area contributed by atoms with Crippen molar-refractivity contribution in [3.05, 3.63) is 51.5 Å². The standard InChI is InChI=1S/C16H17N3OS/c1-12-15(21-11-18-12)16(20)19(2)10-14-7-4-3-6-13(14)8-5-9-17/h3-4,6-7,11H,9-10,17H2,1-2H3. The van der Waals surface area contributed by atoms with Gasteiger partial charge in [-0.3, -0.25) is 4.79 Å². The fraction of sp³-hybridized carbons (Fsp3) is 0.250. The van der Waals surface area contributed by atoms with Crippen molar-refractivity contribution in [3.8, 4) is 11.8 Å². The monoisotopic (exact) mass is 299 g/mol. The Bertz CT molecular complexity index is 697. The van der Waals surface area contributed by atoms with Crippen LogP contribution in [0.4, 0.5) is 0 Å². The summed E-state index contributed by atoms with van der Waals surface area (Å²) in [5, 5.41) is 0. The maximum absolute atomic E-state index is 12.4. The van der Waals surface area contributed by atoms with Gasteiger partial charge in [0.1, 0.15) is 4.88 Å². The molecule has 2 N–H and O–H groups in total. The van der Waals surface area contributed by atoms with E-state index >= 15 is 0 Å². The molecule has 0 aliphatic rings. The first kappa shape index (κ1) is 15.2. The summed E-state index contributed by atoms with van der Waals surface area (Å²) in [5.41, 5.74) is 9.79. The molecule has 0 spiro atoms. The van der Waals surface area contributed by atoms with Crippen molar-refractivity contribution in [2.75, 3.05) is 13.6 Å². The minimum Gasteiger partial charge on any atom is -0.337 e. The van der Waals surface area contributed by atoms with Crippen LogP contribution in [0.15, 0.2) is 29.8 Å². The Labute approximate surface area is 128 Å². The third kappa shape index (κ3) is 3.69. The van der Waals surface area contributed by atoms with E-state index in [1.54, 1.807) is 17.5 Å². The predicted octanol–water partition coefficient (Wildman–Crippen LogP) is 2.03. The molecule has 2 rings (SSSR count). The van der Waals surface area contributed by atoms with E-state index in [-0.39, 0.29) is 5.91 Å². The number of aryl methyl sites for hydroxylation is 1. The number of hydrogen-bond donors (Lipinski definition) is 1. The first-order chi connectivity index (χ1) is 10.1. The summed E-state index contributed by atoms with van der Waals surface area (Å²) in [6.07, 6.45) is 0. The van der Waals surface area contributed by atoms with Crippen LogP contribution >= 0.6 is 11.3 Å². The molecular formula is C16H17N3OS. The molecule has 0 radical (unpaired) electrons. The van der Waals surface area contributed by atoms with Crippen molar-refractivity contribution in [1.29, 1.82) is 0 Å². The summed E-state index contributed by atoms with van der Waals surface area (Å²) >= 11 is 1.37. The lowest BCUT2D eigenvalue weighted by atomic mass is 10.1. The molecule has 0 aliphatic carbocycles. The highest BCUT2D eigenvalue weighted by Crippen LogP contribution is 2.17. The maximum Gasteiger partial charge on any atom is 0.265 e. The summed E-state index contributed by atoms with van der Waals surface area (Å²) in [5.74, 6) is 5.87. The fourth-order valence-electron chi connectivity index (χ4n) is 1.93. The van der Waals surface area contributed by atoms with E-state index in [1.165, 1.54) is 11.3 Å². The molecule has 0 fully saturated rings. The van der Waals surface area contributed by atoms with Crippen molar-refractivity contribution in [2.24, 2.45) is 5.73 Å². The highest BCUT2D eigenvalue weighted by atomic mass is 32.1. The lowest BCUT2D eigenvalue weighted by Crippen LogP contribution is -2.26. The zero-order valence-corrected chi connectivity index (χ0v) is 12.9. The second-order valence-corrected chi connectivity index (χ2v) is 5.45. The molecule has 1 aromatic heterocycles. The van der Waals surface area contributed by atoms with Gasteiger partial charge in [0.25, 0.3) is 5.91 Å². The van der Waals surface area contributed by atoms with Gasteiger partial charge in [0.15, 0.2) is 0 Å². The van der Waals surface area contributed by atoms with Crippen LogP contribution in [0.3, 0.4) is 0 Å². The Balaban J connectivity index is 2.18. The first-order valence-corrected chi connectivity index (χ1v) is 7.44. The number of nitrogens with two attached hydrogens (primary N) is 1.